The second-order valence-corrected chi connectivity index (χ2v) is 3.26. The maximum Gasteiger partial charge on any atom is 0.310 e. The highest BCUT2D eigenvalue weighted by atomic mass is 35.5. The number of carbonyl (C=O) groups excluding carboxylic acids is 1. The lowest BCUT2D eigenvalue weighted by atomic mass is 10.1. The minimum Gasteiger partial charge on any atom is -0.469 e. The molecule has 0 radical (unpaired) electrons. The van der Waals surface area contributed by atoms with Gasteiger partial charge in [-0.3, -0.25) is 4.79 Å². The van der Waals surface area contributed by atoms with E-state index in [-0.39, 0.29) is 12.1 Å². The number of halogens is 1. The number of hydrogen-bond acceptors (Lipinski definition) is 4. The molecular weight excluding hydrogens is 216 g/mol. The SMILES string of the molecule is COC(=O)Cc1c(Cl)ccc(C#N)c1N. The zero-order valence-corrected chi connectivity index (χ0v) is 8.84. The molecule has 0 saturated carbocycles. The molecule has 5 heteroatoms. The fraction of sp³-hybridized carbons (Fsp3) is 0.200. The number of nitrogen functional groups attached to an aromatic ring is 1. The molecule has 0 aliphatic rings. The monoisotopic (exact) mass is 224 g/mol. The fourth-order valence-electron chi connectivity index (χ4n) is 1.13. The molecule has 0 aromatic heterocycles. The lowest BCUT2D eigenvalue weighted by molar-refractivity contribution is -0.139. The Morgan fingerprint density at radius 3 is 2.87 bits per heavy atom. The van der Waals surface area contributed by atoms with Gasteiger partial charge in [-0.1, -0.05) is 11.6 Å². The number of carbonyl (C=O) groups is 1. The molecule has 1 aromatic rings. The van der Waals surface area contributed by atoms with Gasteiger partial charge in [-0.05, 0) is 12.1 Å². The molecule has 0 amide bonds. The van der Waals surface area contributed by atoms with Crippen LogP contribution in [0.3, 0.4) is 0 Å². The lowest BCUT2D eigenvalue weighted by Crippen LogP contribution is -2.08. The molecule has 1 aromatic carbocycles. The van der Waals surface area contributed by atoms with Gasteiger partial charge in [0.25, 0.3) is 0 Å². The third-order valence-corrected chi connectivity index (χ3v) is 2.32. The Balaban J connectivity index is 3.16. The Bertz CT molecular complexity index is 438. The Labute approximate surface area is 92.2 Å². The van der Waals surface area contributed by atoms with E-state index in [4.69, 9.17) is 22.6 Å². The summed E-state index contributed by atoms with van der Waals surface area (Å²) >= 11 is 5.86. The molecular formula is C10H9ClN2O2. The van der Waals surface area contributed by atoms with Crippen LogP contribution < -0.4 is 5.73 Å². The third-order valence-electron chi connectivity index (χ3n) is 1.97. The van der Waals surface area contributed by atoms with Crippen molar-refractivity contribution in [3.8, 4) is 6.07 Å². The zero-order valence-electron chi connectivity index (χ0n) is 8.08. The van der Waals surface area contributed by atoms with Gasteiger partial charge in [0.05, 0.1) is 24.8 Å². The van der Waals surface area contributed by atoms with Crippen molar-refractivity contribution in [1.82, 2.24) is 0 Å². The second-order valence-electron chi connectivity index (χ2n) is 2.85. The number of hydrogen-bond donors (Lipinski definition) is 1. The summed E-state index contributed by atoms with van der Waals surface area (Å²) in [7, 11) is 1.28. The van der Waals surface area contributed by atoms with Crippen LogP contribution in [0.4, 0.5) is 5.69 Å². The molecule has 4 nitrogen and oxygen atoms in total. The Morgan fingerprint density at radius 2 is 2.33 bits per heavy atom. The van der Waals surface area contributed by atoms with Crippen molar-refractivity contribution >= 4 is 23.3 Å². The molecule has 0 aliphatic carbocycles. The van der Waals surface area contributed by atoms with Crippen molar-refractivity contribution in [2.75, 3.05) is 12.8 Å². The predicted molar refractivity (Wildman–Crippen MR) is 56.3 cm³/mol. The van der Waals surface area contributed by atoms with Crippen LogP contribution in [0.2, 0.25) is 5.02 Å². The van der Waals surface area contributed by atoms with Crippen molar-refractivity contribution in [1.29, 1.82) is 5.26 Å². The molecule has 0 heterocycles. The van der Waals surface area contributed by atoms with Gasteiger partial charge >= 0.3 is 5.97 Å². The van der Waals surface area contributed by atoms with Crippen LogP contribution in [0, 0.1) is 11.3 Å². The van der Waals surface area contributed by atoms with Crippen molar-refractivity contribution in [2.24, 2.45) is 0 Å². The standard InChI is InChI=1S/C10H9ClN2O2/c1-15-9(14)4-7-8(11)3-2-6(5-12)10(7)13/h2-3H,4,13H2,1H3. The second kappa shape index (κ2) is 4.67. The molecule has 0 spiro atoms. The number of rotatable bonds is 2. The summed E-state index contributed by atoms with van der Waals surface area (Å²) in [6.45, 7) is 0. The highest BCUT2D eigenvalue weighted by molar-refractivity contribution is 6.32. The molecule has 0 atom stereocenters. The van der Waals surface area contributed by atoms with Gasteiger partial charge in [0.15, 0.2) is 0 Å². The van der Waals surface area contributed by atoms with Gasteiger partial charge in [-0.2, -0.15) is 5.26 Å². The van der Waals surface area contributed by atoms with Crippen LogP contribution in [-0.4, -0.2) is 13.1 Å². The van der Waals surface area contributed by atoms with Gasteiger partial charge in [0.1, 0.15) is 6.07 Å². The number of nitriles is 1. The Hall–Kier alpha value is -1.73. The lowest BCUT2D eigenvalue weighted by Gasteiger charge is -2.07. The minimum atomic E-state index is -0.446. The Kier molecular flexibility index (Phi) is 3.53. The highest BCUT2D eigenvalue weighted by Gasteiger charge is 2.13. The number of nitrogens with zero attached hydrogens (tertiary/aromatic N) is 1. The van der Waals surface area contributed by atoms with E-state index < -0.39 is 5.97 Å². The molecule has 78 valence electrons. The van der Waals surface area contributed by atoms with E-state index in [0.29, 0.717) is 16.1 Å². The quantitative estimate of drug-likeness (QED) is 0.610. The number of nitrogens with two attached hydrogens (primary N) is 1. The summed E-state index contributed by atoms with van der Waals surface area (Å²) < 4.78 is 4.50. The predicted octanol–water partition coefficient (Wildman–Crippen LogP) is 1.51. The van der Waals surface area contributed by atoms with Crippen LogP contribution >= 0.6 is 11.6 Å². The summed E-state index contributed by atoms with van der Waals surface area (Å²) in [4.78, 5) is 11.1. The summed E-state index contributed by atoms with van der Waals surface area (Å²) in [6.07, 6.45) is -0.0311. The summed E-state index contributed by atoms with van der Waals surface area (Å²) in [6, 6.07) is 4.97. The maximum atomic E-state index is 11.1. The van der Waals surface area contributed by atoms with Crippen LogP contribution in [0.25, 0.3) is 0 Å². The molecule has 0 saturated heterocycles. The van der Waals surface area contributed by atoms with Crippen LogP contribution in [0.5, 0.6) is 0 Å². The smallest absolute Gasteiger partial charge is 0.310 e. The maximum absolute atomic E-state index is 11.1. The summed E-state index contributed by atoms with van der Waals surface area (Å²) in [5, 5.41) is 9.09. The molecule has 15 heavy (non-hydrogen) atoms. The third kappa shape index (κ3) is 2.39. The first-order chi connectivity index (χ1) is 7.10. The topological polar surface area (TPSA) is 76.1 Å². The number of benzene rings is 1. The normalized spacial score (nSPS) is 9.40. The van der Waals surface area contributed by atoms with Crippen molar-refractivity contribution in [3.63, 3.8) is 0 Å². The first-order valence-corrected chi connectivity index (χ1v) is 4.51. The van der Waals surface area contributed by atoms with Crippen molar-refractivity contribution in [2.45, 2.75) is 6.42 Å². The number of anilines is 1. The number of ether oxygens (including phenoxy) is 1. The highest BCUT2D eigenvalue weighted by Crippen LogP contribution is 2.26. The van der Waals surface area contributed by atoms with E-state index in [1.165, 1.54) is 19.2 Å². The number of esters is 1. The average Bonchev–Trinajstić information content (AvgIpc) is 2.24. The van der Waals surface area contributed by atoms with Gasteiger partial charge in [-0.25, -0.2) is 0 Å². The fourth-order valence-corrected chi connectivity index (χ4v) is 1.36. The van der Waals surface area contributed by atoms with E-state index in [1.54, 1.807) is 0 Å². The van der Waals surface area contributed by atoms with Crippen LogP contribution in [0.1, 0.15) is 11.1 Å². The van der Waals surface area contributed by atoms with Crippen LogP contribution in [0.15, 0.2) is 12.1 Å². The largest absolute Gasteiger partial charge is 0.469 e. The first kappa shape index (κ1) is 11.3. The van der Waals surface area contributed by atoms with Gasteiger partial charge in [0.2, 0.25) is 0 Å². The van der Waals surface area contributed by atoms with E-state index in [2.05, 4.69) is 4.74 Å². The zero-order chi connectivity index (χ0) is 11.4. The van der Waals surface area contributed by atoms with E-state index >= 15 is 0 Å². The molecule has 0 fully saturated rings. The summed E-state index contributed by atoms with van der Waals surface area (Å²) in [5.74, 6) is -0.446. The van der Waals surface area contributed by atoms with Crippen molar-refractivity contribution in [3.05, 3.63) is 28.3 Å². The summed E-state index contributed by atoms with van der Waals surface area (Å²) in [5.41, 5.74) is 6.65. The van der Waals surface area contributed by atoms with Gasteiger partial charge in [-0.15, -0.1) is 0 Å². The first-order valence-electron chi connectivity index (χ1n) is 4.14. The van der Waals surface area contributed by atoms with E-state index in [9.17, 15) is 4.79 Å². The van der Waals surface area contributed by atoms with E-state index in [1.807, 2.05) is 6.07 Å². The Morgan fingerprint density at radius 1 is 1.67 bits per heavy atom. The van der Waals surface area contributed by atoms with E-state index in [0.717, 1.165) is 0 Å². The molecule has 1 rings (SSSR count). The average molecular weight is 225 g/mol. The molecule has 0 unspecified atom stereocenters. The molecule has 0 bridgehead atoms. The number of methoxy groups -OCH3 is 1. The van der Waals surface area contributed by atoms with Gasteiger partial charge in [0, 0.05) is 10.6 Å². The minimum absolute atomic E-state index is 0.0311. The molecule has 2 N–H and O–H groups in total. The van der Waals surface area contributed by atoms with Crippen LogP contribution in [-0.2, 0) is 16.0 Å². The van der Waals surface area contributed by atoms with Crippen molar-refractivity contribution < 1.29 is 9.53 Å². The molecule has 0 aliphatic heterocycles. The van der Waals surface area contributed by atoms with Gasteiger partial charge < -0.3 is 10.5 Å².